The Kier molecular flexibility index (Phi) is 2.35. The number of hydrogen-bond donors (Lipinski definition) is 2. The van der Waals surface area contributed by atoms with Crippen LogP contribution in [0.4, 0.5) is 0 Å². The molecular weight excluding hydrogens is 200 g/mol. The first-order valence-corrected chi connectivity index (χ1v) is 4.67. The van der Waals surface area contributed by atoms with Crippen LogP contribution in [0.2, 0.25) is 5.02 Å². The highest BCUT2D eigenvalue weighted by molar-refractivity contribution is 6.32. The van der Waals surface area contributed by atoms with Crippen LogP contribution < -0.4 is 10.5 Å². The molecule has 1 aromatic heterocycles. The van der Waals surface area contributed by atoms with E-state index in [1.807, 2.05) is 18.3 Å². The second-order valence-corrected chi connectivity index (χ2v) is 3.46. The smallest absolute Gasteiger partial charge is 0.138 e. The third-order valence-electron chi connectivity index (χ3n) is 2.26. The number of hydrogen-bond acceptors (Lipinski definition) is 2. The molecule has 3 N–H and O–H groups in total. The summed E-state index contributed by atoms with van der Waals surface area (Å²) in [5.74, 6) is 0.675. The molecule has 0 aliphatic carbocycles. The lowest BCUT2D eigenvalue weighted by atomic mass is 10.1. The summed E-state index contributed by atoms with van der Waals surface area (Å²) in [6.07, 6.45) is 1.89. The van der Waals surface area contributed by atoms with Crippen molar-refractivity contribution in [2.24, 2.45) is 5.73 Å². The second-order valence-electron chi connectivity index (χ2n) is 3.05. The molecule has 0 spiro atoms. The predicted octanol–water partition coefficient (Wildman–Crippen LogP) is 2.29. The minimum Gasteiger partial charge on any atom is -0.495 e. The van der Waals surface area contributed by atoms with E-state index in [9.17, 15) is 0 Å². The van der Waals surface area contributed by atoms with E-state index in [1.54, 1.807) is 7.11 Å². The maximum Gasteiger partial charge on any atom is 0.138 e. The van der Waals surface area contributed by atoms with Crippen LogP contribution >= 0.6 is 11.6 Å². The molecule has 3 nitrogen and oxygen atoms in total. The lowest BCUT2D eigenvalue weighted by molar-refractivity contribution is 0.415. The van der Waals surface area contributed by atoms with Crippen molar-refractivity contribution >= 4 is 22.5 Å². The summed E-state index contributed by atoms with van der Waals surface area (Å²) in [4.78, 5) is 3.11. The number of fused-ring (bicyclic) bond motifs is 1. The van der Waals surface area contributed by atoms with Crippen molar-refractivity contribution in [2.45, 2.75) is 6.54 Å². The molecule has 0 bridgehead atoms. The summed E-state index contributed by atoms with van der Waals surface area (Å²) in [7, 11) is 1.60. The average Bonchev–Trinajstić information content (AvgIpc) is 2.58. The van der Waals surface area contributed by atoms with Crippen molar-refractivity contribution in [3.8, 4) is 5.75 Å². The maximum atomic E-state index is 5.98. The molecule has 0 aliphatic heterocycles. The van der Waals surface area contributed by atoms with E-state index >= 15 is 0 Å². The number of nitrogens with one attached hydrogen (secondary N) is 1. The first-order chi connectivity index (χ1) is 6.76. The summed E-state index contributed by atoms with van der Waals surface area (Å²) in [6.45, 7) is 0.505. The Hall–Kier alpha value is -1.19. The first kappa shape index (κ1) is 9.37. The van der Waals surface area contributed by atoms with E-state index in [0.717, 1.165) is 16.5 Å². The molecule has 0 amide bonds. The number of aromatic amines is 1. The van der Waals surface area contributed by atoms with E-state index in [1.165, 1.54) is 0 Å². The van der Waals surface area contributed by atoms with Gasteiger partial charge in [-0.2, -0.15) is 0 Å². The highest BCUT2D eigenvalue weighted by Crippen LogP contribution is 2.30. The van der Waals surface area contributed by atoms with Gasteiger partial charge in [0.15, 0.2) is 0 Å². The van der Waals surface area contributed by atoms with Crippen LogP contribution in [0.1, 0.15) is 5.56 Å². The fourth-order valence-electron chi connectivity index (χ4n) is 1.51. The summed E-state index contributed by atoms with van der Waals surface area (Å²) in [5, 5.41) is 1.67. The summed E-state index contributed by atoms with van der Waals surface area (Å²) in [5.41, 5.74) is 7.64. The van der Waals surface area contributed by atoms with Crippen molar-refractivity contribution in [2.75, 3.05) is 7.11 Å². The minimum atomic E-state index is 0.505. The normalized spacial score (nSPS) is 10.8. The quantitative estimate of drug-likeness (QED) is 0.799. The summed E-state index contributed by atoms with van der Waals surface area (Å²) in [6, 6.07) is 3.74. The van der Waals surface area contributed by atoms with Crippen LogP contribution in [0.5, 0.6) is 5.75 Å². The zero-order valence-corrected chi connectivity index (χ0v) is 8.56. The lowest BCUT2D eigenvalue weighted by Crippen LogP contribution is -1.94. The van der Waals surface area contributed by atoms with Gasteiger partial charge in [-0.05, 0) is 17.7 Å². The molecular formula is C10H11ClN2O. The van der Waals surface area contributed by atoms with Crippen molar-refractivity contribution in [3.05, 3.63) is 28.9 Å². The van der Waals surface area contributed by atoms with Crippen LogP contribution in [0.15, 0.2) is 18.3 Å². The van der Waals surface area contributed by atoms with Gasteiger partial charge in [0, 0.05) is 23.6 Å². The number of benzene rings is 1. The van der Waals surface area contributed by atoms with E-state index < -0.39 is 0 Å². The third-order valence-corrected chi connectivity index (χ3v) is 2.56. The van der Waals surface area contributed by atoms with Crippen LogP contribution in [-0.2, 0) is 6.54 Å². The molecule has 1 aromatic carbocycles. The van der Waals surface area contributed by atoms with Crippen molar-refractivity contribution < 1.29 is 4.74 Å². The highest BCUT2D eigenvalue weighted by atomic mass is 35.5. The molecule has 0 saturated carbocycles. The largest absolute Gasteiger partial charge is 0.495 e. The molecule has 0 aliphatic rings. The fraction of sp³-hybridized carbons (Fsp3) is 0.200. The topological polar surface area (TPSA) is 51.0 Å². The average molecular weight is 211 g/mol. The van der Waals surface area contributed by atoms with E-state index in [4.69, 9.17) is 22.1 Å². The monoisotopic (exact) mass is 210 g/mol. The number of halogens is 1. The Morgan fingerprint density at radius 2 is 2.29 bits per heavy atom. The predicted molar refractivity (Wildman–Crippen MR) is 57.8 cm³/mol. The van der Waals surface area contributed by atoms with E-state index in [-0.39, 0.29) is 0 Å². The van der Waals surface area contributed by atoms with Gasteiger partial charge < -0.3 is 15.5 Å². The molecule has 2 aromatic rings. The number of aromatic nitrogens is 1. The molecule has 0 unspecified atom stereocenters. The van der Waals surface area contributed by atoms with Gasteiger partial charge in [0.05, 0.1) is 12.1 Å². The van der Waals surface area contributed by atoms with Gasteiger partial charge in [-0.25, -0.2) is 0 Å². The van der Waals surface area contributed by atoms with E-state index in [0.29, 0.717) is 17.3 Å². The molecule has 2 rings (SSSR count). The molecule has 4 heteroatoms. The third kappa shape index (κ3) is 1.35. The Morgan fingerprint density at radius 1 is 1.50 bits per heavy atom. The first-order valence-electron chi connectivity index (χ1n) is 4.30. The number of rotatable bonds is 2. The summed E-state index contributed by atoms with van der Waals surface area (Å²) < 4.78 is 5.14. The van der Waals surface area contributed by atoms with Crippen molar-refractivity contribution in [1.29, 1.82) is 0 Å². The number of nitrogens with two attached hydrogens (primary N) is 1. The van der Waals surface area contributed by atoms with E-state index in [2.05, 4.69) is 4.98 Å². The van der Waals surface area contributed by atoms with Crippen LogP contribution in [0, 0.1) is 0 Å². The molecule has 74 valence electrons. The summed E-state index contributed by atoms with van der Waals surface area (Å²) >= 11 is 5.98. The minimum absolute atomic E-state index is 0.505. The van der Waals surface area contributed by atoms with Gasteiger partial charge in [-0.15, -0.1) is 0 Å². The van der Waals surface area contributed by atoms with Crippen molar-refractivity contribution in [1.82, 2.24) is 4.98 Å². The zero-order valence-electron chi connectivity index (χ0n) is 7.80. The van der Waals surface area contributed by atoms with Crippen LogP contribution in [0.25, 0.3) is 10.9 Å². The van der Waals surface area contributed by atoms with Crippen LogP contribution in [0.3, 0.4) is 0 Å². The molecule has 0 saturated heterocycles. The van der Waals surface area contributed by atoms with Crippen LogP contribution in [-0.4, -0.2) is 12.1 Å². The molecule has 0 atom stereocenters. The van der Waals surface area contributed by atoms with Crippen molar-refractivity contribution in [3.63, 3.8) is 0 Å². The maximum absolute atomic E-state index is 5.98. The molecule has 14 heavy (non-hydrogen) atoms. The van der Waals surface area contributed by atoms with Gasteiger partial charge in [-0.1, -0.05) is 11.6 Å². The molecule has 0 radical (unpaired) electrons. The highest BCUT2D eigenvalue weighted by Gasteiger charge is 2.07. The Bertz CT molecular complexity index is 464. The van der Waals surface area contributed by atoms with Gasteiger partial charge in [-0.3, -0.25) is 0 Å². The Labute approximate surface area is 86.8 Å². The standard InChI is InChI=1S/C10H11ClN2O/c1-14-10-2-7-6(4-12)5-13-9(7)3-8(10)11/h2-3,5,13H,4,12H2,1H3. The molecule has 1 heterocycles. The number of ether oxygens (including phenoxy) is 1. The zero-order chi connectivity index (χ0) is 10.1. The van der Waals surface area contributed by atoms with Gasteiger partial charge in [0.1, 0.15) is 5.75 Å². The number of H-pyrrole nitrogens is 1. The lowest BCUT2D eigenvalue weighted by Gasteiger charge is -2.03. The SMILES string of the molecule is COc1cc2c(CN)c[nH]c2cc1Cl. The van der Waals surface area contributed by atoms with Gasteiger partial charge in [0.2, 0.25) is 0 Å². The Morgan fingerprint density at radius 3 is 2.93 bits per heavy atom. The molecule has 0 fully saturated rings. The Balaban J connectivity index is 2.70. The van der Waals surface area contributed by atoms with Gasteiger partial charge in [0.25, 0.3) is 0 Å². The van der Waals surface area contributed by atoms with Gasteiger partial charge >= 0.3 is 0 Å². The number of methoxy groups -OCH3 is 1. The second kappa shape index (κ2) is 3.52. The fourth-order valence-corrected chi connectivity index (χ4v) is 1.75.